The van der Waals surface area contributed by atoms with E-state index in [9.17, 15) is 9.59 Å². The molecule has 2 aromatic rings. The van der Waals surface area contributed by atoms with E-state index in [0.29, 0.717) is 11.3 Å². The van der Waals surface area contributed by atoms with Crippen molar-refractivity contribution in [2.45, 2.75) is 0 Å². The highest BCUT2D eigenvalue weighted by molar-refractivity contribution is 7.12. The lowest BCUT2D eigenvalue weighted by molar-refractivity contribution is 0.0703. The van der Waals surface area contributed by atoms with Crippen molar-refractivity contribution in [3.8, 4) is 0 Å². The quantitative estimate of drug-likeness (QED) is 0.752. The molecule has 0 atom stereocenters. The smallest absolute Gasteiger partial charge is 0.348 e. The van der Waals surface area contributed by atoms with Gasteiger partial charge in [0.1, 0.15) is 4.88 Å². The number of rotatable bonds is 3. The summed E-state index contributed by atoms with van der Waals surface area (Å²) >= 11 is 1.06. The lowest BCUT2D eigenvalue weighted by Crippen LogP contribution is -2.12. The number of hydrogen-bond acceptors (Lipinski definition) is 4. The number of carboxylic acids is 1. The van der Waals surface area contributed by atoms with Gasteiger partial charge in [-0.3, -0.25) is 9.89 Å². The van der Waals surface area contributed by atoms with Gasteiger partial charge in [0.2, 0.25) is 0 Å². The van der Waals surface area contributed by atoms with Crippen molar-refractivity contribution < 1.29 is 14.7 Å². The molecule has 0 bridgehead atoms. The Balaban J connectivity index is 2.18. The molecule has 0 saturated carbocycles. The van der Waals surface area contributed by atoms with E-state index < -0.39 is 11.9 Å². The summed E-state index contributed by atoms with van der Waals surface area (Å²) in [5, 5.41) is 19.1. The van der Waals surface area contributed by atoms with E-state index in [0.717, 1.165) is 11.3 Å². The van der Waals surface area contributed by atoms with Crippen LogP contribution in [-0.2, 0) is 0 Å². The van der Waals surface area contributed by atoms with Gasteiger partial charge >= 0.3 is 5.97 Å². The van der Waals surface area contributed by atoms with Crippen molar-refractivity contribution in [2.75, 3.05) is 5.32 Å². The third kappa shape index (κ3) is 1.94. The third-order valence-electron chi connectivity index (χ3n) is 1.87. The molecular formula is C9H7N3O3S. The number of carbonyl (C=O) groups excluding carboxylic acids is 1. The van der Waals surface area contributed by atoms with Gasteiger partial charge in [-0.25, -0.2) is 4.79 Å². The number of nitrogens with zero attached hydrogens (tertiary/aromatic N) is 1. The molecule has 0 aliphatic heterocycles. The Kier molecular flexibility index (Phi) is 2.69. The normalized spacial score (nSPS) is 10.0. The Bertz CT molecular complexity index is 518. The SMILES string of the molecule is O=C(Nc1ccsc1C(=O)O)c1cn[nH]c1. The van der Waals surface area contributed by atoms with Crippen LogP contribution in [0, 0.1) is 0 Å². The van der Waals surface area contributed by atoms with Gasteiger partial charge < -0.3 is 10.4 Å². The van der Waals surface area contributed by atoms with Gasteiger partial charge in [0.05, 0.1) is 17.4 Å². The van der Waals surface area contributed by atoms with Crippen LogP contribution in [0.4, 0.5) is 5.69 Å². The lowest BCUT2D eigenvalue weighted by Gasteiger charge is -2.01. The molecule has 2 heterocycles. The molecule has 0 fully saturated rings. The summed E-state index contributed by atoms with van der Waals surface area (Å²) in [5.74, 6) is -1.45. The van der Waals surface area contributed by atoms with Gasteiger partial charge in [-0.05, 0) is 11.4 Å². The van der Waals surface area contributed by atoms with Crippen molar-refractivity contribution in [3.05, 3.63) is 34.3 Å². The average molecular weight is 237 g/mol. The van der Waals surface area contributed by atoms with Crippen molar-refractivity contribution >= 4 is 28.9 Å². The van der Waals surface area contributed by atoms with Crippen LogP contribution in [0.2, 0.25) is 0 Å². The van der Waals surface area contributed by atoms with Crippen LogP contribution < -0.4 is 5.32 Å². The van der Waals surface area contributed by atoms with Gasteiger partial charge in [0, 0.05) is 6.20 Å². The van der Waals surface area contributed by atoms with Crippen LogP contribution in [0.1, 0.15) is 20.0 Å². The number of aromatic nitrogens is 2. The van der Waals surface area contributed by atoms with E-state index in [4.69, 9.17) is 5.11 Å². The number of aromatic carboxylic acids is 1. The average Bonchev–Trinajstić information content (AvgIpc) is 2.86. The first-order chi connectivity index (χ1) is 7.68. The Morgan fingerprint density at radius 2 is 2.31 bits per heavy atom. The third-order valence-corrected chi connectivity index (χ3v) is 2.77. The largest absolute Gasteiger partial charge is 0.477 e. The lowest BCUT2D eigenvalue weighted by atomic mass is 10.3. The summed E-state index contributed by atoms with van der Waals surface area (Å²) in [4.78, 5) is 22.5. The molecule has 2 rings (SSSR count). The maximum atomic E-state index is 11.6. The molecule has 0 aliphatic rings. The van der Waals surface area contributed by atoms with E-state index in [2.05, 4.69) is 15.5 Å². The highest BCUT2D eigenvalue weighted by Gasteiger charge is 2.15. The summed E-state index contributed by atoms with van der Waals surface area (Å²) in [7, 11) is 0. The predicted molar refractivity (Wildman–Crippen MR) is 57.8 cm³/mol. The van der Waals surface area contributed by atoms with Gasteiger partial charge in [0.25, 0.3) is 5.91 Å². The number of hydrogen-bond donors (Lipinski definition) is 3. The first kappa shape index (κ1) is 10.4. The van der Waals surface area contributed by atoms with Crippen LogP contribution in [0.15, 0.2) is 23.8 Å². The molecular weight excluding hydrogens is 230 g/mol. The van der Waals surface area contributed by atoms with E-state index in [1.54, 1.807) is 11.4 Å². The van der Waals surface area contributed by atoms with Crippen LogP contribution in [0.3, 0.4) is 0 Å². The molecule has 6 nitrogen and oxygen atoms in total. The number of H-pyrrole nitrogens is 1. The van der Waals surface area contributed by atoms with Gasteiger partial charge in [-0.1, -0.05) is 0 Å². The highest BCUT2D eigenvalue weighted by atomic mass is 32.1. The number of nitrogens with one attached hydrogen (secondary N) is 2. The van der Waals surface area contributed by atoms with Crippen molar-refractivity contribution in [1.82, 2.24) is 10.2 Å². The fourth-order valence-electron chi connectivity index (χ4n) is 1.14. The summed E-state index contributed by atoms with van der Waals surface area (Å²) in [5.41, 5.74) is 0.645. The Morgan fingerprint density at radius 3 is 2.94 bits per heavy atom. The number of thiophene rings is 1. The number of aromatic amines is 1. The molecule has 7 heteroatoms. The predicted octanol–water partition coefficient (Wildman–Crippen LogP) is 1.42. The molecule has 0 saturated heterocycles. The van der Waals surface area contributed by atoms with E-state index in [1.807, 2.05) is 0 Å². The standard InChI is InChI=1S/C9H7N3O3S/c13-8(5-3-10-11-4-5)12-6-1-2-16-7(6)9(14)15/h1-4H,(H,10,11)(H,12,13)(H,14,15). The maximum absolute atomic E-state index is 11.6. The Hall–Kier alpha value is -2.15. The van der Waals surface area contributed by atoms with Crippen LogP contribution in [0.5, 0.6) is 0 Å². The second kappa shape index (κ2) is 4.15. The topological polar surface area (TPSA) is 95.1 Å². The molecule has 0 aliphatic carbocycles. The Labute approximate surface area is 93.9 Å². The first-order valence-corrected chi connectivity index (χ1v) is 5.17. The van der Waals surface area contributed by atoms with Gasteiger partial charge in [-0.15, -0.1) is 11.3 Å². The van der Waals surface area contributed by atoms with E-state index in [1.165, 1.54) is 12.4 Å². The minimum atomic E-state index is -1.06. The minimum Gasteiger partial charge on any atom is -0.477 e. The molecule has 16 heavy (non-hydrogen) atoms. The van der Waals surface area contributed by atoms with Crippen LogP contribution in [0.25, 0.3) is 0 Å². The zero-order valence-corrected chi connectivity index (χ0v) is 8.75. The number of anilines is 1. The van der Waals surface area contributed by atoms with E-state index >= 15 is 0 Å². The summed E-state index contributed by atoms with van der Waals surface area (Å²) in [6.07, 6.45) is 2.80. The zero-order valence-electron chi connectivity index (χ0n) is 7.93. The second-order valence-electron chi connectivity index (χ2n) is 2.91. The maximum Gasteiger partial charge on any atom is 0.348 e. The Morgan fingerprint density at radius 1 is 1.50 bits per heavy atom. The highest BCUT2D eigenvalue weighted by Crippen LogP contribution is 2.22. The molecule has 3 N–H and O–H groups in total. The molecule has 0 radical (unpaired) electrons. The van der Waals surface area contributed by atoms with E-state index in [-0.39, 0.29) is 4.88 Å². The number of carbonyl (C=O) groups is 2. The fourth-order valence-corrected chi connectivity index (χ4v) is 1.83. The monoisotopic (exact) mass is 237 g/mol. The molecule has 82 valence electrons. The molecule has 0 unspecified atom stereocenters. The van der Waals surface area contributed by atoms with Crippen LogP contribution in [-0.4, -0.2) is 27.2 Å². The molecule has 0 aromatic carbocycles. The second-order valence-corrected chi connectivity index (χ2v) is 3.83. The molecule has 0 spiro atoms. The van der Waals surface area contributed by atoms with Crippen molar-refractivity contribution in [3.63, 3.8) is 0 Å². The zero-order chi connectivity index (χ0) is 11.5. The van der Waals surface area contributed by atoms with Crippen LogP contribution >= 0.6 is 11.3 Å². The summed E-state index contributed by atoms with van der Waals surface area (Å²) in [6, 6.07) is 1.55. The summed E-state index contributed by atoms with van der Waals surface area (Å²) < 4.78 is 0. The summed E-state index contributed by atoms with van der Waals surface area (Å²) in [6.45, 7) is 0. The first-order valence-electron chi connectivity index (χ1n) is 4.29. The van der Waals surface area contributed by atoms with Crippen molar-refractivity contribution in [1.29, 1.82) is 0 Å². The molecule has 1 amide bonds. The van der Waals surface area contributed by atoms with Gasteiger partial charge in [0.15, 0.2) is 0 Å². The minimum absolute atomic E-state index is 0.108. The number of carboxylic acid groups (broad SMARTS) is 1. The molecule has 2 aromatic heterocycles. The van der Waals surface area contributed by atoms with Gasteiger partial charge in [-0.2, -0.15) is 5.10 Å². The number of amides is 1. The van der Waals surface area contributed by atoms with Crippen molar-refractivity contribution in [2.24, 2.45) is 0 Å². The fraction of sp³-hybridized carbons (Fsp3) is 0.